The Hall–Kier alpha value is -1.04. The molecule has 0 bridgehead atoms. The molecule has 2 aliphatic heterocycles. The van der Waals surface area contributed by atoms with Gasteiger partial charge in [0.1, 0.15) is 0 Å². The van der Waals surface area contributed by atoms with Gasteiger partial charge >= 0.3 is 0 Å². The third-order valence-corrected chi connectivity index (χ3v) is 6.23. The van der Waals surface area contributed by atoms with E-state index in [0.717, 1.165) is 19.5 Å². The predicted molar refractivity (Wildman–Crippen MR) is 98.5 cm³/mol. The molecule has 0 saturated carbocycles. The normalized spacial score (nSPS) is 27.8. The van der Waals surface area contributed by atoms with E-state index in [9.17, 15) is 4.79 Å². The average Bonchev–Trinajstić information content (AvgIpc) is 2.96. The summed E-state index contributed by atoms with van der Waals surface area (Å²) in [4.78, 5) is 16.3. The van der Waals surface area contributed by atoms with Gasteiger partial charge in [-0.1, -0.05) is 18.2 Å². The van der Waals surface area contributed by atoms with Gasteiger partial charge in [0.05, 0.1) is 17.5 Å². The van der Waals surface area contributed by atoms with Gasteiger partial charge in [-0.2, -0.15) is 0 Å². The minimum absolute atomic E-state index is 0.000682. The Balaban J connectivity index is 1.54. The van der Waals surface area contributed by atoms with Crippen LogP contribution in [-0.4, -0.2) is 53.4 Å². The Morgan fingerprint density at radius 2 is 1.96 bits per heavy atom. The van der Waals surface area contributed by atoms with Gasteiger partial charge in [-0.15, -0.1) is 11.8 Å². The number of rotatable bonds is 4. The minimum atomic E-state index is -0.0713. The highest BCUT2D eigenvalue weighted by atomic mass is 32.2. The molecule has 24 heavy (non-hydrogen) atoms. The summed E-state index contributed by atoms with van der Waals surface area (Å²) < 4.78 is 5.82. The topological polar surface area (TPSA) is 41.6 Å². The molecule has 0 aromatic heterocycles. The molecule has 0 unspecified atom stereocenters. The number of amides is 1. The Morgan fingerprint density at radius 1 is 1.29 bits per heavy atom. The molecule has 3 atom stereocenters. The molecule has 0 aliphatic carbocycles. The number of ether oxygens (including phenoxy) is 1. The molecule has 0 spiro atoms. The smallest absolute Gasteiger partial charge is 0.233 e. The van der Waals surface area contributed by atoms with Gasteiger partial charge in [0, 0.05) is 30.1 Å². The van der Waals surface area contributed by atoms with Crippen LogP contribution in [0.1, 0.15) is 33.3 Å². The number of hydrogen-bond donors (Lipinski definition) is 1. The van der Waals surface area contributed by atoms with E-state index in [1.807, 2.05) is 12.1 Å². The fourth-order valence-electron chi connectivity index (χ4n) is 3.53. The van der Waals surface area contributed by atoms with Crippen molar-refractivity contribution in [1.82, 2.24) is 10.2 Å². The highest BCUT2D eigenvalue weighted by Crippen LogP contribution is 2.36. The molecule has 1 N–H and O–H groups in total. The summed E-state index contributed by atoms with van der Waals surface area (Å²) in [6.07, 6.45) is 1.31. The fraction of sp³-hybridized carbons (Fsp3) is 0.632. The van der Waals surface area contributed by atoms with Crippen LogP contribution in [0.3, 0.4) is 0 Å². The summed E-state index contributed by atoms with van der Waals surface area (Å²) in [6.45, 7) is 11.1. The largest absolute Gasteiger partial charge is 0.373 e. The predicted octanol–water partition coefficient (Wildman–Crippen LogP) is 2.71. The van der Waals surface area contributed by atoms with Crippen molar-refractivity contribution in [3.8, 4) is 0 Å². The zero-order valence-electron chi connectivity index (χ0n) is 15.0. The molecule has 5 heteroatoms. The lowest BCUT2D eigenvalue weighted by atomic mass is 10.00. The fourth-order valence-corrected chi connectivity index (χ4v) is 4.75. The lowest BCUT2D eigenvalue weighted by Gasteiger charge is -2.45. The van der Waals surface area contributed by atoms with Gasteiger partial charge < -0.3 is 10.1 Å². The lowest BCUT2D eigenvalue weighted by molar-refractivity contribution is -0.122. The maximum Gasteiger partial charge on any atom is 0.233 e. The third kappa shape index (κ3) is 3.95. The van der Waals surface area contributed by atoms with Gasteiger partial charge in [-0.05, 0) is 45.7 Å². The number of nitrogens with one attached hydrogen (secondary N) is 1. The second-order valence-corrected chi connectivity index (χ2v) is 8.86. The third-order valence-electron chi connectivity index (χ3n) is 4.91. The number of carbonyl (C=O) groups is 1. The molecule has 2 aliphatic rings. The number of nitrogens with zero attached hydrogens (tertiary/aromatic N) is 1. The van der Waals surface area contributed by atoms with Gasteiger partial charge in [0.25, 0.3) is 0 Å². The van der Waals surface area contributed by atoms with E-state index >= 15 is 0 Å². The van der Waals surface area contributed by atoms with Gasteiger partial charge in [0.15, 0.2) is 0 Å². The van der Waals surface area contributed by atoms with Crippen molar-refractivity contribution in [2.45, 2.75) is 62.0 Å². The summed E-state index contributed by atoms with van der Waals surface area (Å²) in [6, 6.07) is 8.31. The first-order valence-electron chi connectivity index (χ1n) is 8.78. The van der Waals surface area contributed by atoms with Crippen LogP contribution in [0.5, 0.6) is 0 Å². The summed E-state index contributed by atoms with van der Waals surface area (Å²) in [5, 5.41) is 3.19. The Labute approximate surface area is 149 Å². The van der Waals surface area contributed by atoms with Crippen molar-refractivity contribution in [2.24, 2.45) is 0 Å². The summed E-state index contributed by atoms with van der Waals surface area (Å²) in [7, 11) is 0. The second-order valence-electron chi connectivity index (χ2n) is 7.61. The Morgan fingerprint density at radius 3 is 2.62 bits per heavy atom. The number of hydrogen-bond acceptors (Lipinski definition) is 4. The molecular weight excluding hydrogens is 320 g/mol. The summed E-state index contributed by atoms with van der Waals surface area (Å²) in [5.41, 5.74) is 1.22. The quantitative estimate of drug-likeness (QED) is 0.908. The number of thioether (sulfide) groups is 1. The molecule has 3 rings (SSSR count). The number of morpholine rings is 1. The molecular formula is C19H28N2O2S. The second kappa shape index (κ2) is 7.06. The number of benzene rings is 1. The number of carbonyl (C=O) groups excluding carboxylic acids is 1. The van der Waals surface area contributed by atoms with E-state index in [2.05, 4.69) is 50.0 Å². The van der Waals surface area contributed by atoms with Crippen LogP contribution in [-0.2, 0) is 16.0 Å². The van der Waals surface area contributed by atoms with Gasteiger partial charge in [0.2, 0.25) is 5.91 Å². The standard InChI is InChI=1S/C19H28N2O2S/c1-13-10-21(11-14(2)23-13)19(3,4)12-20-18(22)17-9-15-7-5-6-8-16(15)24-17/h5-8,13-14,17H,9-12H2,1-4H3,(H,20,22)/t13-,14+,17-/m1/s1. The maximum absolute atomic E-state index is 12.6. The van der Waals surface area contributed by atoms with Crippen LogP contribution < -0.4 is 5.32 Å². The maximum atomic E-state index is 12.6. The van der Waals surface area contributed by atoms with Crippen LogP contribution in [0, 0.1) is 0 Å². The van der Waals surface area contributed by atoms with E-state index in [0.29, 0.717) is 6.54 Å². The minimum Gasteiger partial charge on any atom is -0.373 e. The summed E-state index contributed by atoms with van der Waals surface area (Å²) >= 11 is 1.69. The van der Waals surface area contributed by atoms with Crippen molar-refractivity contribution in [3.05, 3.63) is 29.8 Å². The zero-order chi connectivity index (χ0) is 17.3. The van der Waals surface area contributed by atoms with Crippen molar-refractivity contribution in [3.63, 3.8) is 0 Å². The molecule has 1 saturated heterocycles. The molecule has 1 aromatic rings. The molecule has 1 fully saturated rings. The van der Waals surface area contributed by atoms with Gasteiger partial charge in [-0.25, -0.2) is 0 Å². The average molecular weight is 349 g/mol. The van der Waals surface area contributed by atoms with Crippen molar-refractivity contribution >= 4 is 17.7 Å². The molecule has 0 radical (unpaired) electrons. The molecule has 4 nitrogen and oxygen atoms in total. The van der Waals surface area contributed by atoms with Crippen molar-refractivity contribution in [2.75, 3.05) is 19.6 Å². The zero-order valence-corrected chi connectivity index (χ0v) is 15.9. The van der Waals surface area contributed by atoms with E-state index in [-0.39, 0.29) is 28.9 Å². The van der Waals surface area contributed by atoms with Crippen LogP contribution in [0.25, 0.3) is 0 Å². The van der Waals surface area contributed by atoms with Crippen LogP contribution in [0.2, 0.25) is 0 Å². The summed E-state index contributed by atoms with van der Waals surface area (Å²) in [5.74, 6) is 0.152. The van der Waals surface area contributed by atoms with Crippen molar-refractivity contribution < 1.29 is 9.53 Å². The van der Waals surface area contributed by atoms with E-state index in [1.54, 1.807) is 11.8 Å². The molecule has 1 amide bonds. The highest BCUT2D eigenvalue weighted by Gasteiger charge is 2.35. The SMILES string of the molecule is C[C@@H]1CN(C(C)(C)CNC(=O)[C@H]2Cc3ccccc3S2)C[C@H](C)O1. The monoisotopic (exact) mass is 348 g/mol. The van der Waals surface area contributed by atoms with E-state index in [1.165, 1.54) is 10.5 Å². The van der Waals surface area contributed by atoms with E-state index in [4.69, 9.17) is 4.74 Å². The molecule has 2 heterocycles. The molecule has 132 valence electrons. The molecule has 1 aromatic carbocycles. The van der Waals surface area contributed by atoms with Crippen LogP contribution in [0.15, 0.2) is 29.2 Å². The van der Waals surface area contributed by atoms with Crippen LogP contribution in [0.4, 0.5) is 0 Å². The van der Waals surface area contributed by atoms with Gasteiger partial charge in [-0.3, -0.25) is 9.69 Å². The first-order valence-corrected chi connectivity index (χ1v) is 9.66. The first-order chi connectivity index (χ1) is 11.3. The Bertz CT molecular complexity index is 570. The highest BCUT2D eigenvalue weighted by molar-refractivity contribution is 8.01. The lowest BCUT2D eigenvalue weighted by Crippen LogP contribution is -2.59. The first kappa shape index (κ1) is 17.8. The van der Waals surface area contributed by atoms with E-state index < -0.39 is 0 Å². The van der Waals surface area contributed by atoms with Crippen molar-refractivity contribution in [1.29, 1.82) is 0 Å². The Kier molecular flexibility index (Phi) is 5.23. The van der Waals surface area contributed by atoms with Crippen LogP contribution >= 0.6 is 11.8 Å². The number of fused-ring (bicyclic) bond motifs is 1.